The summed E-state index contributed by atoms with van der Waals surface area (Å²) < 4.78 is 0. The van der Waals surface area contributed by atoms with Gasteiger partial charge in [0, 0.05) is 12.2 Å². The summed E-state index contributed by atoms with van der Waals surface area (Å²) >= 11 is 0. The van der Waals surface area contributed by atoms with Gasteiger partial charge in [0.2, 0.25) is 0 Å². The first-order chi connectivity index (χ1) is 9.65. The second kappa shape index (κ2) is 4.89. The number of rotatable bonds is 3. The Labute approximate surface area is 119 Å². The molecular weight excluding hydrogens is 250 g/mol. The van der Waals surface area contributed by atoms with Gasteiger partial charge >= 0.3 is 0 Å². The summed E-state index contributed by atoms with van der Waals surface area (Å²) in [6.45, 7) is 4.27. The van der Waals surface area contributed by atoms with Crippen molar-refractivity contribution in [1.82, 2.24) is 4.90 Å². The lowest BCUT2D eigenvalue weighted by atomic mass is 9.96. The van der Waals surface area contributed by atoms with Crippen LogP contribution in [-0.2, 0) is 22.4 Å². The van der Waals surface area contributed by atoms with Gasteiger partial charge in [0.25, 0.3) is 11.8 Å². The third-order valence-corrected chi connectivity index (χ3v) is 4.51. The van der Waals surface area contributed by atoms with Crippen LogP contribution < -0.4 is 0 Å². The Morgan fingerprint density at radius 2 is 1.85 bits per heavy atom. The first kappa shape index (κ1) is 13.1. The number of fused-ring (bicyclic) bond motifs is 1. The van der Waals surface area contributed by atoms with Crippen LogP contribution in [0.2, 0.25) is 0 Å². The zero-order valence-electron chi connectivity index (χ0n) is 11.9. The summed E-state index contributed by atoms with van der Waals surface area (Å²) in [5.41, 5.74) is 3.77. The fourth-order valence-corrected chi connectivity index (χ4v) is 3.40. The summed E-state index contributed by atoms with van der Waals surface area (Å²) in [7, 11) is 0. The quantitative estimate of drug-likeness (QED) is 0.791. The standard InChI is InChI=1S/C17H19NO2/c1-3-11-5-6-14-13(9-11)10-12(4-2)17(14)18-15(19)7-8-16(18)20/h5-9,12,17H,3-4,10H2,1-2H3/t12-,17-/m0/s1. The van der Waals surface area contributed by atoms with Crippen molar-refractivity contribution >= 4 is 11.8 Å². The molecule has 1 aliphatic carbocycles. The molecule has 2 amide bonds. The minimum absolute atomic E-state index is 0.0871. The highest BCUT2D eigenvalue weighted by atomic mass is 16.2. The smallest absolute Gasteiger partial charge is 0.254 e. The van der Waals surface area contributed by atoms with E-state index in [1.165, 1.54) is 28.2 Å². The Kier molecular flexibility index (Phi) is 3.20. The molecule has 0 fully saturated rings. The highest BCUT2D eigenvalue weighted by Crippen LogP contribution is 2.43. The van der Waals surface area contributed by atoms with E-state index in [2.05, 4.69) is 32.0 Å². The lowest BCUT2D eigenvalue weighted by Gasteiger charge is -2.28. The van der Waals surface area contributed by atoms with Crippen LogP contribution in [0, 0.1) is 5.92 Å². The molecule has 3 heteroatoms. The summed E-state index contributed by atoms with van der Waals surface area (Å²) in [6, 6.07) is 6.36. The number of benzene rings is 1. The van der Waals surface area contributed by atoms with Crippen LogP contribution in [0.25, 0.3) is 0 Å². The van der Waals surface area contributed by atoms with Crippen molar-refractivity contribution in [2.75, 3.05) is 0 Å². The van der Waals surface area contributed by atoms with Crippen molar-refractivity contribution in [3.05, 3.63) is 47.0 Å². The molecule has 104 valence electrons. The van der Waals surface area contributed by atoms with Gasteiger partial charge in [-0.1, -0.05) is 38.5 Å². The summed E-state index contributed by atoms with van der Waals surface area (Å²) in [5.74, 6) is -0.0124. The molecule has 0 aromatic heterocycles. The van der Waals surface area contributed by atoms with E-state index in [0.717, 1.165) is 24.8 Å². The van der Waals surface area contributed by atoms with Gasteiger partial charge in [-0.25, -0.2) is 0 Å². The highest BCUT2D eigenvalue weighted by molar-refractivity contribution is 6.13. The van der Waals surface area contributed by atoms with Gasteiger partial charge in [-0.15, -0.1) is 0 Å². The Morgan fingerprint density at radius 1 is 1.15 bits per heavy atom. The van der Waals surface area contributed by atoms with Crippen LogP contribution in [0.15, 0.2) is 30.4 Å². The Bertz CT molecular complexity index is 585. The van der Waals surface area contributed by atoms with Gasteiger partial charge in [0.05, 0.1) is 6.04 Å². The van der Waals surface area contributed by atoms with Crippen LogP contribution in [0.5, 0.6) is 0 Å². The first-order valence-corrected chi connectivity index (χ1v) is 7.32. The largest absolute Gasteiger partial charge is 0.269 e. The molecular formula is C17H19NO2. The predicted octanol–water partition coefficient (Wildman–Crippen LogP) is 2.80. The van der Waals surface area contributed by atoms with Crippen LogP contribution in [0.1, 0.15) is 43.0 Å². The predicted molar refractivity (Wildman–Crippen MR) is 77.0 cm³/mol. The van der Waals surface area contributed by atoms with Gasteiger partial charge in [-0.05, 0) is 35.4 Å². The van der Waals surface area contributed by atoms with E-state index >= 15 is 0 Å². The van der Waals surface area contributed by atoms with Crippen LogP contribution in [0.4, 0.5) is 0 Å². The SMILES string of the molecule is CCc1ccc2c(c1)C[C@H](CC)[C@@H]2N1C(=O)C=CC1=O. The van der Waals surface area contributed by atoms with Gasteiger partial charge in [-0.3, -0.25) is 14.5 Å². The fraction of sp³-hybridized carbons (Fsp3) is 0.412. The maximum Gasteiger partial charge on any atom is 0.254 e. The number of carbonyl (C=O) groups excluding carboxylic acids is 2. The molecule has 1 aromatic carbocycles. The molecule has 1 aliphatic heterocycles. The lowest BCUT2D eigenvalue weighted by molar-refractivity contribution is -0.140. The molecule has 0 spiro atoms. The third kappa shape index (κ3) is 1.89. The van der Waals surface area contributed by atoms with E-state index in [1.807, 2.05) is 0 Å². The Morgan fingerprint density at radius 3 is 2.45 bits per heavy atom. The van der Waals surface area contributed by atoms with Crippen LogP contribution >= 0.6 is 0 Å². The topological polar surface area (TPSA) is 37.4 Å². The van der Waals surface area contributed by atoms with E-state index in [1.54, 1.807) is 0 Å². The van der Waals surface area contributed by atoms with Crippen molar-refractivity contribution in [2.45, 2.75) is 39.2 Å². The maximum atomic E-state index is 12.0. The highest BCUT2D eigenvalue weighted by Gasteiger charge is 2.41. The molecule has 0 saturated carbocycles. The van der Waals surface area contributed by atoms with Crippen molar-refractivity contribution in [3.8, 4) is 0 Å². The van der Waals surface area contributed by atoms with Gasteiger partial charge in [-0.2, -0.15) is 0 Å². The number of hydrogen-bond acceptors (Lipinski definition) is 2. The minimum Gasteiger partial charge on any atom is -0.269 e. The van der Waals surface area contributed by atoms with Gasteiger partial charge in [0.1, 0.15) is 0 Å². The minimum atomic E-state index is -0.175. The molecule has 0 N–H and O–H groups in total. The zero-order chi connectivity index (χ0) is 14.3. The fourth-order valence-electron chi connectivity index (χ4n) is 3.40. The summed E-state index contributed by atoms with van der Waals surface area (Å²) in [5, 5.41) is 0. The van der Waals surface area contributed by atoms with Crippen molar-refractivity contribution < 1.29 is 9.59 Å². The Hall–Kier alpha value is -1.90. The second-order valence-corrected chi connectivity index (χ2v) is 5.58. The first-order valence-electron chi connectivity index (χ1n) is 7.32. The molecule has 20 heavy (non-hydrogen) atoms. The van der Waals surface area contributed by atoms with Crippen LogP contribution in [-0.4, -0.2) is 16.7 Å². The zero-order valence-corrected chi connectivity index (χ0v) is 11.9. The van der Waals surface area contributed by atoms with E-state index < -0.39 is 0 Å². The van der Waals surface area contributed by atoms with E-state index in [4.69, 9.17) is 0 Å². The number of amides is 2. The van der Waals surface area contributed by atoms with E-state index in [-0.39, 0.29) is 17.9 Å². The monoisotopic (exact) mass is 269 g/mol. The molecule has 0 bridgehead atoms. The van der Waals surface area contributed by atoms with Gasteiger partial charge < -0.3 is 0 Å². The molecule has 1 heterocycles. The lowest BCUT2D eigenvalue weighted by Crippen LogP contribution is -2.36. The van der Waals surface area contributed by atoms with Gasteiger partial charge in [0.15, 0.2) is 0 Å². The van der Waals surface area contributed by atoms with E-state index in [9.17, 15) is 9.59 Å². The Balaban J connectivity index is 2.02. The normalized spacial score (nSPS) is 24.6. The summed E-state index contributed by atoms with van der Waals surface area (Å²) in [6.07, 6.45) is 5.71. The number of hydrogen-bond donors (Lipinski definition) is 0. The molecule has 3 rings (SSSR count). The second-order valence-electron chi connectivity index (χ2n) is 5.58. The van der Waals surface area contributed by atoms with Crippen molar-refractivity contribution in [2.24, 2.45) is 5.92 Å². The molecule has 0 radical (unpaired) electrons. The average Bonchev–Trinajstić information content (AvgIpc) is 2.98. The van der Waals surface area contributed by atoms with Crippen LogP contribution in [0.3, 0.4) is 0 Å². The number of carbonyl (C=O) groups is 2. The molecule has 2 atom stereocenters. The number of nitrogens with zero attached hydrogens (tertiary/aromatic N) is 1. The van der Waals surface area contributed by atoms with E-state index in [0.29, 0.717) is 5.92 Å². The molecule has 3 nitrogen and oxygen atoms in total. The third-order valence-electron chi connectivity index (χ3n) is 4.51. The number of imide groups is 1. The average molecular weight is 269 g/mol. The van der Waals surface area contributed by atoms with Crippen molar-refractivity contribution in [1.29, 1.82) is 0 Å². The summed E-state index contributed by atoms with van der Waals surface area (Å²) in [4.78, 5) is 25.4. The maximum absolute atomic E-state index is 12.0. The molecule has 2 aliphatic rings. The molecule has 0 saturated heterocycles. The van der Waals surface area contributed by atoms with Crippen molar-refractivity contribution in [3.63, 3.8) is 0 Å². The molecule has 0 unspecified atom stereocenters. The molecule has 1 aromatic rings. The number of aryl methyl sites for hydroxylation is 1.